The Morgan fingerprint density at radius 2 is 2.17 bits per heavy atom. The van der Waals surface area contributed by atoms with E-state index in [1.165, 1.54) is 25.7 Å². The summed E-state index contributed by atoms with van der Waals surface area (Å²) in [7, 11) is 0. The largest absolute Gasteiger partial charge is 0.343 e. The molecule has 1 atom stereocenters. The minimum absolute atomic E-state index is 0.242. The summed E-state index contributed by atoms with van der Waals surface area (Å²) < 4.78 is 0. The molecule has 0 aromatic heterocycles. The standard InChI is InChI=1S/C10H19NO/c1-3-10-5-4-7-11(8-6-10)9(2)12/h10H,3-8H2,1-2H3/t10-/m0/s1. The van der Waals surface area contributed by atoms with Gasteiger partial charge in [-0.05, 0) is 25.2 Å². The van der Waals surface area contributed by atoms with Crippen LogP contribution in [0.25, 0.3) is 0 Å². The molecule has 0 radical (unpaired) electrons. The molecule has 70 valence electrons. The van der Waals surface area contributed by atoms with Gasteiger partial charge in [0.1, 0.15) is 0 Å². The van der Waals surface area contributed by atoms with E-state index in [0.717, 1.165) is 19.0 Å². The van der Waals surface area contributed by atoms with Crippen molar-refractivity contribution < 1.29 is 4.79 Å². The van der Waals surface area contributed by atoms with E-state index in [0.29, 0.717) is 0 Å². The first-order valence-electron chi connectivity index (χ1n) is 4.99. The van der Waals surface area contributed by atoms with Gasteiger partial charge in [-0.3, -0.25) is 4.79 Å². The quantitative estimate of drug-likeness (QED) is 0.588. The molecule has 2 heteroatoms. The number of hydrogen-bond acceptors (Lipinski definition) is 1. The highest BCUT2D eigenvalue weighted by Crippen LogP contribution is 2.19. The van der Waals surface area contributed by atoms with Crippen molar-refractivity contribution in [3.05, 3.63) is 0 Å². The van der Waals surface area contributed by atoms with Gasteiger partial charge in [0.2, 0.25) is 5.91 Å². The molecule has 1 saturated heterocycles. The molecule has 1 aliphatic rings. The number of rotatable bonds is 1. The van der Waals surface area contributed by atoms with Crippen molar-refractivity contribution in [2.45, 2.75) is 39.5 Å². The van der Waals surface area contributed by atoms with Crippen LogP contribution in [-0.2, 0) is 4.79 Å². The number of nitrogens with zero attached hydrogens (tertiary/aromatic N) is 1. The Bertz CT molecular complexity index is 156. The summed E-state index contributed by atoms with van der Waals surface area (Å²) in [6.07, 6.45) is 4.97. The highest BCUT2D eigenvalue weighted by atomic mass is 16.2. The zero-order chi connectivity index (χ0) is 8.97. The molecular weight excluding hydrogens is 150 g/mol. The Balaban J connectivity index is 2.39. The van der Waals surface area contributed by atoms with Crippen molar-refractivity contribution in [3.63, 3.8) is 0 Å². The van der Waals surface area contributed by atoms with Gasteiger partial charge >= 0.3 is 0 Å². The molecule has 1 fully saturated rings. The summed E-state index contributed by atoms with van der Waals surface area (Å²) in [5.74, 6) is 1.10. The lowest BCUT2D eigenvalue weighted by atomic mass is 9.98. The van der Waals surface area contributed by atoms with Gasteiger partial charge in [0.15, 0.2) is 0 Å². The van der Waals surface area contributed by atoms with Gasteiger partial charge in [0, 0.05) is 20.0 Å². The molecule has 0 spiro atoms. The van der Waals surface area contributed by atoms with Crippen LogP contribution in [0.15, 0.2) is 0 Å². The van der Waals surface area contributed by atoms with Crippen LogP contribution >= 0.6 is 0 Å². The van der Waals surface area contributed by atoms with E-state index in [1.54, 1.807) is 6.92 Å². The van der Waals surface area contributed by atoms with Crippen molar-refractivity contribution in [2.75, 3.05) is 13.1 Å². The Labute approximate surface area is 74.9 Å². The Kier molecular flexibility index (Phi) is 3.57. The van der Waals surface area contributed by atoms with E-state index < -0.39 is 0 Å². The van der Waals surface area contributed by atoms with E-state index in [9.17, 15) is 4.79 Å². The third kappa shape index (κ3) is 2.50. The lowest BCUT2D eigenvalue weighted by Crippen LogP contribution is -2.29. The van der Waals surface area contributed by atoms with E-state index in [2.05, 4.69) is 6.92 Å². The van der Waals surface area contributed by atoms with Crippen LogP contribution in [0, 0.1) is 5.92 Å². The van der Waals surface area contributed by atoms with Crippen molar-refractivity contribution in [2.24, 2.45) is 5.92 Å². The van der Waals surface area contributed by atoms with Gasteiger partial charge in [0.05, 0.1) is 0 Å². The predicted octanol–water partition coefficient (Wildman–Crippen LogP) is 2.04. The van der Waals surface area contributed by atoms with Crippen LogP contribution < -0.4 is 0 Å². The summed E-state index contributed by atoms with van der Waals surface area (Å²) in [4.78, 5) is 13.1. The molecule has 0 aromatic rings. The minimum atomic E-state index is 0.242. The molecule has 0 saturated carbocycles. The van der Waals surface area contributed by atoms with E-state index in [1.807, 2.05) is 4.90 Å². The van der Waals surface area contributed by atoms with Gasteiger partial charge in [-0.1, -0.05) is 13.3 Å². The second-order valence-electron chi connectivity index (χ2n) is 3.71. The monoisotopic (exact) mass is 169 g/mol. The lowest BCUT2D eigenvalue weighted by molar-refractivity contribution is -0.128. The highest BCUT2D eigenvalue weighted by molar-refractivity contribution is 5.73. The van der Waals surface area contributed by atoms with Crippen molar-refractivity contribution in [1.82, 2.24) is 4.90 Å². The second kappa shape index (κ2) is 4.48. The lowest BCUT2D eigenvalue weighted by Gasteiger charge is -2.17. The molecule has 0 aliphatic carbocycles. The zero-order valence-corrected chi connectivity index (χ0v) is 8.18. The highest BCUT2D eigenvalue weighted by Gasteiger charge is 2.16. The predicted molar refractivity (Wildman–Crippen MR) is 49.9 cm³/mol. The molecule has 1 aliphatic heterocycles. The normalized spacial score (nSPS) is 25.2. The summed E-state index contributed by atoms with van der Waals surface area (Å²) in [5.41, 5.74) is 0. The first-order valence-corrected chi connectivity index (χ1v) is 4.99. The average molecular weight is 169 g/mol. The maximum Gasteiger partial charge on any atom is 0.219 e. The first kappa shape index (κ1) is 9.56. The fourth-order valence-electron chi connectivity index (χ4n) is 1.89. The molecule has 12 heavy (non-hydrogen) atoms. The fourth-order valence-corrected chi connectivity index (χ4v) is 1.89. The van der Waals surface area contributed by atoms with E-state index >= 15 is 0 Å². The van der Waals surface area contributed by atoms with E-state index in [4.69, 9.17) is 0 Å². The molecule has 1 heterocycles. The molecule has 1 rings (SSSR count). The maximum absolute atomic E-state index is 11.1. The van der Waals surface area contributed by atoms with Gasteiger partial charge in [-0.25, -0.2) is 0 Å². The average Bonchev–Trinajstić information content (AvgIpc) is 2.28. The van der Waals surface area contributed by atoms with Crippen LogP contribution in [0.2, 0.25) is 0 Å². The van der Waals surface area contributed by atoms with Crippen molar-refractivity contribution in [1.29, 1.82) is 0 Å². The first-order chi connectivity index (χ1) is 5.74. The molecule has 2 nitrogen and oxygen atoms in total. The molecule has 0 bridgehead atoms. The number of amides is 1. The molecule has 0 N–H and O–H groups in total. The zero-order valence-electron chi connectivity index (χ0n) is 8.18. The topological polar surface area (TPSA) is 20.3 Å². The van der Waals surface area contributed by atoms with Crippen LogP contribution in [0.4, 0.5) is 0 Å². The molecular formula is C10H19NO. The van der Waals surface area contributed by atoms with Crippen molar-refractivity contribution >= 4 is 5.91 Å². The third-order valence-corrected chi connectivity index (χ3v) is 2.87. The summed E-state index contributed by atoms with van der Waals surface area (Å²) >= 11 is 0. The van der Waals surface area contributed by atoms with Crippen LogP contribution in [0.3, 0.4) is 0 Å². The van der Waals surface area contributed by atoms with Crippen LogP contribution in [-0.4, -0.2) is 23.9 Å². The van der Waals surface area contributed by atoms with Gasteiger partial charge in [-0.2, -0.15) is 0 Å². The molecule has 0 unspecified atom stereocenters. The Morgan fingerprint density at radius 3 is 2.75 bits per heavy atom. The number of hydrogen-bond donors (Lipinski definition) is 0. The van der Waals surface area contributed by atoms with E-state index in [-0.39, 0.29) is 5.91 Å². The van der Waals surface area contributed by atoms with Crippen LogP contribution in [0.5, 0.6) is 0 Å². The molecule has 1 amide bonds. The maximum atomic E-state index is 11.1. The fraction of sp³-hybridized carbons (Fsp3) is 0.900. The number of likely N-dealkylation sites (tertiary alicyclic amines) is 1. The van der Waals surface area contributed by atoms with Gasteiger partial charge < -0.3 is 4.90 Å². The molecule has 0 aromatic carbocycles. The van der Waals surface area contributed by atoms with Gasteiger partial charge in [-0.15, -0.1) is 0 Å². The third-order valence-electron chi connectivity index (χ3n) is 2.87. The number of carbonyl (C=O) groups excluding carboxylic acids is 1. The second-order valence-corrected chi connectivity index (χ2v) is 3.71. The summed E-state index contributed by atoms with van der Waals surface area (Å²) in [5, 5.41) is 0. The minimum Gasteiger partial charge on any atom is -0.343 e. The summed E-state index contributed by atoms with van der Waals surface area (Å²) in [6, 6.07) is 0. The van der Waals surface area contributed by atoms with Gasteiger partial charge in [0.25, 0.3) is 0 Å². The number of carbonyl (C=O) groups is 1. The van der Waals surface area contributed by atoms with Crippen LogP contribution in [0.1, 0.15) is 39.5 Å². The summed E-state index contributed by atoms with van der Waals surface area (Å²) in [6.45, 7) is 5.88. The Hall–Kier alpha value is -0.530. The van der Waals surface area contributed by atoms with Crippen molar-refractivity contribution in [3.8, 4) is 0 Å². The smallest absolute Gasteiger partial charge is 0.219 e. The SMILES string of the molecule is CC[C@H]1CCCN(C(C)=O)CC1. The Morgan fingerprint density at radius 1 is 1.42 bits per heavy atom.